The van der Waals surface area contributed by atoms with Gasteiger partial charge in [0.2, 0.25) is 0 Å². The Morgan fingerprint density at radius 3 is 3.36 bits per heavy atom. The number of aromatic nitrogens is 2. The summed E-state index contributed by atoms with van der Waals surface area (Å²) < 4.78 is 6.49. The average Bonchev–Trinajstić information content (AvgIpc) is 2.88. The smallest absolute Gasteiger partial charge is 0.341 e. The molecular weight excluding hydrogens is 180 g/mol. The highest BCUT2D eigenvalue weighted by Gasteiger charge is 2.43. The van der Waals surface area contributed by atoms with E-state index < -0.39 is 0 Å². The minimum absolute atomic E-state index is 0.285. The summed E-state index contributed by atoms with van der Waals surface area (Å²) in [5, 5.41) is 4.13. The predicted octanol–water partition coefficient (Wildman–Crippen LogP) is 1.26. The first-order chi connectivity index (χ1) is 6.81. The zero-order chi connectivity index (χ0) is 9.71. The van der Waals surface area contributed by atoms with Crippen molar-refractivity contribution in [3.63, 3.8) is 0 Å². The Hall–Kier alpha value is -1.58. The lowest BCUT2D eigenvalue weighted by atomic mass is 10.1. The molecule has 0 saturated heterocycles. The van der Waals surface area contributed by atoms with Crippen LogP contribution < -0.4 is 0 Å². The van der Waals surface area contributed by atoms with E-state index in [4.69, 9.17) is 4.74 Å². The van der Waals surface area contributed by atoms with Gasteiger partial charge in [-0.2, -0.15) is 5.10 Å². The summed E-state index contributed by atoms with van der Waals surface area (Å²) in [7, 11) is 1.40. The van der Waals surface area contributed by atoms with Gasteiger partial charge in [0.05, 0.1) is 19.0 Å². The molecular formula is C10H10N2O2. The highest BCUT2D eigenvalue weighted by molar-refractivity contribution is 5.91. The maximum atomic E-state index is 11.4. The highest BCUT2D eigenvalue weighted by Crippen LogP contribution is 2.51. The van der Waals surface area contributed by atoms with Gasteiger partial charge in [-0.3, -0.25) is 0 Å². The van der Waals surface area contributed by atoms with Crippen LogP contribution in [-0.4, -0.2) is 22.9 Å². The second-order valence-corrected chi connectivity index (χ2v) is 3.73. The number of allylic oxidation sites excluding steroid dienone is 1. The van der Waals surface area contributed by atoms with Gasteiger partial charge < -0.3 is 4.74 Å². The van der Waals surface area contributed by atoms with E-state index in [1.807, 2.05) is 6.20 Å². The maximum absolute atomic E-state index is 11.4. The Bertz CT molecular complexity index is 433. The van der Waals surface area contributed by atoms with Gasteiger partial charge in [-0.05, 0) is 12.3 Å². The first-order valence-electron chi connectivity index (χ1n) is 4.65. The van der Waals surface area contributed by atoms with Crippen molar-refractivity contribution in [2.75, 3.05) is 7.11 Å². The lowest BCUT2D eigenvalue weighted by Gasteiger charge is -2.07. The van der Waals surface area contributed by atoms with Crippen LogP contribution in [0.4, 0.5) is 0 Å². The van der Waals surface area contributed by atoms with Crippen molar-refractivity contribution in [3.05, 3.63) is 23.5 Å². The summed E-state index contributed by atoms with van der Waals surface area (Å²) in [6, 6.07) is 0. The van der Waals surface area contributed by atoms with Crippen LogP contribution in [0.3, 0.4) is 0 Å². The number of methoxy groups -OCH3 is 1. The quantitative estimate of drug-likeness (QED) is 0.626. The molecule has 72 valence electrons. The fourth-order valence-electron chi connectivity index (χ4n) is 2.06. The van der Waals surface area contributed by atoms with E-state index in [1.54, 1.807) is 10.9 Å². The molecule has 3 rings (SSSR count). The molecule has 2 atom stereocenters. The number of ether oxygens (including phenoxy) is 1. The Balaban J connectivity index is 2.11. The number of hydrogen-bond acceptors (Lipinski definition) is 3. The zero-order valence-corrected chi connectivity index (χ0v) is 7.80. The fraction of sp³-hybridized carbons (Fsp3) is 0.400. The van der Waals surface area contributed by atoms with Crippen LogP contribution in [0.2, 0.25) is 0 Å². The normalized spacial score (nSPS) is 26.6. The average molecular weight is 190 g/mol. The Labute approximate surface area is 81.2 Å². The van der Waals surface area contributed by atoms with Crippen LogP contribution in [0.15, 0.2) is 12.3 Å². The molecule has 1 aromatic rings. The number of hydrogen-bond donors (Lipinski definition) is 0. The molecule has 0 radical (unpaired) electrons. The van der Waals surface area contributed by atoms with E-state index in [2.05, 4.69) is 11.2 Å². The van der Waals surface area contributed by atoms with Crippen molar-refractivity contribution in [3.8, 4) is 0 Å². The molecule has 4 heteroatoms. The Kier molecular flexibility index (Phi) is 1.37. The molecule has 1 aromatic heterocycles. The summed E-state index contributed by atoms with van der Waals surface area (Å²) in [4.78, 5) is 11.4. The van der Waals surface area contributed by atoms with Crippen LogP contribution in [0.25, 0.3) is 6.20 Å². The number of rotatable bonds is 1. The van der Waals surface area contributed by atoms with Crippen molar-refractivity contribution >= 4 is 12.2 Å². The van der Waals surface area contributed by atoms with E-state index in [-0.39, 0.29) is 5.97 Å². The molecule has 1 aliphatic heterocycles. The van der Waals surface area contributed by atoms with Crippen LogP contribution >= 0.6 is 0 Å². The van der Waals surface area contributed by atoms with Crippen LogP contribution in [0.1, 0.15) is 28.4 Å². The fourth-order valence-corrected chi connectivity index (χ4v) is 2.06. The molecule has 2 heterocycles. The van der Waals surface area contributed by atoms with Crippen molar-refractivity contribution in [2.24, 2.45) is 5.92 Å². The largest absolute Gasteiger partial charge is 0.465 e. The lowest BCUT2D eigenvalue weighted by Crippen LogP contribution is -2.07. The summed E-state index contributed by atoms with van der Waals surface area (Å²) in [6.45, 7) is 0. The summed E-state index contributed by atoms with van der Waals surface area (Å²) >= 11 is 0. The van der Waals surface area contributed by atoms with Crippen molar-refractivity contribution in [2.45, 2.75) is 12.3 Å². The number of carbonyl (C=O) groups is 1. The molecule has 0 bridgehead atoms. The monoisotopic (exact) mass is 190 g/mol. The third-order valence-corrected chi connectivity index (χ3v) is 2.90. The van der Waals surface area contributed by atoms with E-state index in [9.17, 15) is 4.79 Å². The first kappa shape index (κ1) is 7.79. The minimum Gasteiger partial charge on any atom is -0.465 e. The Morgan fingerprint density at radius 1 is 1.71 bits per heavy atom. The van der Waals surface area contributed by atoms with E-state index >= 15 is 0 Å². The molecule has 2 unspecified atom stereocenters. The van der Waals surface area contributed by atoms with Crippen LogP contribution in [-0.2, 0) is 4.74 Å². The van der Waals surface area contributed by atoms with E-state index in [1.165, 1.54) is 7.11 Å². The van der Waals surface area contributed by atoms with Gasteiger partial charge in [-0.25, -0.2) is 9.48 Å². The van der Waals surface area contributed by atoms with Gasteiger partial charge in [-0.1, -0.05) is 6.08 Å². The van der Waals surface area contributed by atoms with Crippen LogP contribution in [0, 0.1) is 5.92 Å². The second-order valence-electron chi connectivity index (χ2n) is 3.73. The molecule has 1 aliphatic carbocycles. The second kappa shape index (κ2) is 2.47. The molecule has 0 spiro atoms. The molecule has 14 heavy (non-hydrogen) atoms. The molecule has 2 aliphatic rings. The third kappa shape index (κ3) is 0.880. The van der Waals surface area contributed by atoms with Gasteiger partial charge in [0.25, 0.3) is 0 Å². The zero-order valence-electron chi connectivity index (χ0n) is 7.80. The number of carbonyl (C=O) groups excluding carboxylic acids is 1. The van der Waals surface area contributed by atoms with Gasteiger partial charge in [0, 0.05) is 12.1 Å². The maximum Gasteiger partial charge on any atom is 0.341 e. The van der Waals surface area contributed by atoms with Gasteiger partial charge in [-0.15, -0.1) is 0 Å². The molecule has 4 nitrogen and oxygen atoms in total. The Morgan fingerprint density at radius 2 is 2.57 bits per heavy atom. The number of esters is 1. The molecule has 0 N–H and O–H groups in total. The van der Waals surface area contributed by atoms with Gasteiger partial charge >= 0.3 is 5.97 Å². The van der Waals surface area contributed by atoms with Crippen LogP contribution in [0.5, 0.6) is 0 Å². The third-order valence-electron chi connectivity index (χ3n) is 2.90. The highest BCUT2D eigenvalue weighted by atomic mass is 16.5. The summed E-state index contributed by atoms with van der Waals surface area (Å²) in [5.74, 6) is 0.811. The topological polar surface area (TPSA) is 44.1 Å². The van der Waals surface area contributed by atoms with Gasteiger partial charge in [0.15, 0.2) is 0 Å². The van der Waals surface area contributed by atoms with Crippen molar-refractivity contribution in [1.82, 2.24) is 9.78 Å². The van der Waals surface area contributed by atoms with E-state index in [0.29, 0.717) is 17.4 Å². The molecule has 1 fully saturated rings. The summed E-state index contributed by atoms with van der Waals surface area (Å²) in [6.07, 6.45) is 6.79. The molecule has 0 amide bonds. The van der Waals surface area contributed by atoms with E-state index in [0.717, 1.165) is 12.1 Å². The SMILES string of the molecule is COC(=O)c1cnn2c1C1CC1C=C2. The van der Waals surface area contributed by atoms with Crippen molar-refractivity contribution in [1.29, 1.82) is 0 Å². The van der Waals surface area contributed by atoms with Crippen molar-refractivity contribution < 1.29 is 9.53 Å². The van der Waals surface area contributed by atoms with Gasteiger partial charge in [0.1, 0.15) is 5.56 Å². The lowest BCUT2D eigenvalue weighted by molar-refractivity contribution is 0.0599. The summed E-state index contributed by atoms with van der Waals surface area (Å²) in [5.41, 5.74) is 1.63. The molecule has 1 saturated carbocycles. The number of nitrogens with zero attached hydrogens (tertiary/aromatic N) is 2. The molecule has 0 aromatic carbocycles. The predicted molar refractivity (Wildman–Crippen MR) is 49.7 cm³/mol. The standard InChI is InChI=1S/C10H10N2O2/c1-14-10(13)8-5-11-12-3-2-6-4-7(6)9(8)12/h2-3,5-7H,4H2,1H3. The first-order valence-corrected chi connectivity index (χ1v) is 4.65. The minimum atomic E-state index is -0.285. The number of fused-ring (bicyclic) bond motifs is 3.